The number of anilines is 1. The fourth-order valence-corrected chi connectivity index (χ4v) is 4.10. The van der Waals surface area contributed by atoms with Crippen LogP contribution in [0.4, 0.5) is 5.00 Å². The number of esters is 2. The number of ether oxygens (including phenoxy) is 4. The Bertz CT molecular complexity index is 886. The van der Waals surface area contributed by atoms with E-state index in [0.717, 1.165) is 11.1 Å². The zero-order chi connectivity index (χ0) is 19.9. The molecular formula is C18H17NO7S2. The van der Waals surface area contributed by atoms with Gasteiger partial charge in [-0.1, -0.05) is 6.07 Å². The van der Waals surface area contributed by atoms with Crippen molar-refractivity contribution in [2.75, 3.05) is 31.7 Å². The maximum absolute atomic E-state index is 12.4. The highest BCUT2D eigenvalue weighted by molar-refractivity contribution is 7.17. The second-order valence-electron chi connectivity index (χ2n) is 5.38. The first-order valence-electron chi connectivity index (χ1n) is 8.34. The van der Waals surface area contributed by atoms with Crippen LogP contribution < -0.4 is 5.32 Å². The van der Waals surface area contributed by atoms with Gasteiger partial charge in [0.05, 0.1) is 6.61 Å². The Morgan fingerprint density at radius 3 is 2.71 bits per heavy atom. The number of amides is 1. The summed E-state index contributed by atoms with van der Waals surface area (Å²) < 4.78 is 20.1. The molecule has 0 saturated heterocycles. The highest BCUT2D eigenvalue weighted by Gasteiger charge is 2.24. The van der Waals surface area contributed by atoms with Crippen molar-refractivity contribution < 1.29 is 33.3 Å². The van der Waals surface area contributed by atoms with Crippen LogP contribution >= 0.6 is 22.7 Å². The molecule has 10 heteroatoms. The van der Waals surface area contributed by atoms with E-state index in [1.54, 1.807) is 12.3 Å². The fraction of sp³-hybridized carbons (Fsp3) is 0.278. The maximum atomic E-state index is 12.4. The van der Waals surface area contributed by atoms with Crippen LogP contribution in [0.5, 0.6) is 0 Å². The molecule has 0 radical (unpaired) electrons. The Labute approximate surface area is 168 Å². The van der Waals surface area contributed by atoms with Crippen LogP contribution in [0, 0.1) is 0 Å². The molecule has 0 aromatic carbocycles. The van der Waals surface area contributed by atoms with Crippen molar-refractivity contribution in [3.63, 3.8) is 0 Å². The van der Waals surface area contributed by atoms with Gasteiger partial charge in [0.15, 0.2) is 6.61 Å². The molecule has 1 N–H and O–H groups in total. The Kier molecular flexibility index (Phi) is 6.66. The van der Waals surface area contributed by atoms with Crippen molar-refractivity contribution in [2.45, 2.75) is 6.92 Å². The molecule has 0 aliphatic carbocycles. The molecule has 0 spiro atoms. The Balaban J connectivity index is 1.69. The first kappa shape index (κ1) is 19.9. The molecule has 148 valence electrons. The monoisotopic (exact) mass is 423 g/mol. The van der Waals surface area contributed by atoms with E-state index in [9.17, 15) is 14.4 Å². The number of thiophene rings is 2. The van der Waals surface area contributed by atoms with E-state index in [1.807, 2.05) is 17.5 Å². The lowest BCUT2D eigenvalue weighted by Crippen LogP contribution is -2.24. The van der Waals surface area contributed by atoms with Crippen LogP contribution in [0.1, 0.15) is 17.3 Å². The van der Waals surface area contributed by atoms with E-state index >= 15 is 0 Å². The lowest BCUT2D eigenvalue weighted by molar-refractivity contribution is -0.148. The molecule has 0 saturated carbocycles. The van der Waals surface area contributed by atoms with Crippen LogP contribution in [0.25, 0.3) is 10.4 Å². The van der Waals surface area contributed by atoms with Gasteiger partial charge in [-0.2, -0.15) is 0 Å². The first-order valence-corrected chi connectivity index (χ1v) is 10.1. The number of rotatable bonds is 7. The van der Waals surface area contributed by atoms with E-state index in [4.69, 9.17) is 18.9 Å². The lowest BCUT2D eigenvalue weighted by Gasteiger charge is -2.14. The van der Waals surface area contributed by atoms with Gasteiger partial charge in [-0.15, -0.1) is 22.7 Å². The molecular weight excluding hydrogens is 406 g/mol. The predicted molar refractivity (Wildman–Crippen MR) is 103 cm³/mol. The van der Waals surface area contributed by atoms with Crippen molar-refractivity contribution in [1.29, 1.82) is 0 Å². The molecule has 2 aromatic rings. The summed E-state index contributed by atoms with van der Waals surface area (Å²) in [5, 5.41) is 6.61. The van der Waals surface area contributed by atoms with Crippen LogP contribution in [-0.4, -0.2) is 44.3 Å². The van der Waals surface area contributed by atoms with E-state index in [2.05, 4.69) is 5.32 Å². The SMILES string of the molecule is CCOC(=O)c1c(-c2cccs2)csc1NC(=O)COC(=O)C1=COCCO1. The summed E-state index contributed by atoms with van der Waals surface area (Å²) in [6, 6.07) is 3.75. The highest BCUT2D eigenvalue weighted by atomic mass is 32.1. The number of hydrogen-bond donors (Lipinski definition) is 1. The molecule has 1 aliphatic heterocycles. The summed E-state index contributed by atoms with van der Waals surface area (Å²) in [4.78, 5) is 37.3. The summed E-state index contributed by atoms with van der Waals surface area (Å²) in [7, 11) is 0. The quantitative estimate of drug-likeness (QED) is 0.683. The molecule has 28 heavy (non-hydrogen) atoms. The van der Waals surface area contributed by atoms with Crippen LogP contribution in [0.15, 0.2) is 34.9 Å². The van der Waals surface area contributed by atoms with Gasteiger partial charge in [-0.25, -0.2) is 9.59 Å². The first-order chi connectivity index (χ1) is 13.6. The Morgan fingerprint density at radius 1 is 1.18 bits per heavy atom. The molecule has 0 atom stereocenters. The maximum Gasteiger partial charge on any atom is 0.377 e. The summed E-state index contributed by atoms with van der Waals surface area (Å²) >= 11 is 2.67. The zero-order valence-electron chi connectivity index (χ0n) is 14.9. The Hall–Kier alpha value is -2.85. The summed E-state index contributed by atoms with van der Waals surface area (Å²) in [5.41, 5.74) is 0.962. The van der Waals surface area contributed by atoms with E-state index < -0.39 is 24.5 Å². The van der Waals surface area contributed by atoms with Crippen molar-refractivity contribution in [2.24, 2.45) is 0 Å². The highest BCUT2D eigenvalue weighted by Crippen LogP contribution is 2.38. The molecule has 3 rings (SSSR count). The van der Waals surface area contributed by atoms with E-state index in [1.165, 1.54) is 22.7 Å². The van der Waals surface area contributed by atoms with Crippen LogP contribution in [-0.2, 0) is 28.5 Å². The van der Waals surface area contributed by atoms with Crippen molar-refractivity contribution in [3.8, 4) is 10.4 Å². The third-order valence-electron chi connectivity index (χ3n) is 3.49. The topological polar surface area (TPSA) is 100 Å². The third kappa shape index (κ3) is 4.70. The smallest absolute Gasteiger partial charge is 0.377 e. The largest absolute Gasteiger partial charge is 0.493 e. The van der Waals surface area contributed by atoms with Crippen LogP contribution in [0.2, 0.25) is 0 Å². The van der Waals surface area contributed by atoms with Gasteiger partial charge >= 0.3 is 11.9 Å². The van der Waals surface area contributed by atoms with Gasteiger partial charge in [0.1, 0.15) is 30.0 Å². The average molecular weight is 423 g/mol. The van der Waals surface area contributed by atoms with E-state index in [0.29, 0.717) is 17.2 Å². The minimum atomic E-state index is -0.800. The van der Waals surface area contributed by atoms with Gasteiger partial charge in [-0.3, -0.25) is 4.79 Å². The molecule has 1 aliphatic rings. The summed E-state index contributed by atoms with van der Waals surface area (Å²) in [5.74, 6) is -2.01. The second kappa shape index (κ2) is 9.38. The second-order valence-corrected chi connectivity index (χ2v) is 7.20. The van der Waals surface area contributed by atoms with Gasteiger partial charge < -0.3 is 24.3 Å². The van der Waals surface area contributed by atoms with Gasteiger partial charge in [0, 0.05) is 15.8 Å². The third-order valence-corrected chi connectivity index (χ3v) is 5.29. The lowest BCUT2D eigenvalue weighted by atomic mass is 10.1. The van der Waals surface area contributed by atoms with Crippen molar-refractivity contribution in [1.82, 2.24) is 0 Å². The molecule has 8 nitrogen and oxygen atoms in total. The molecule has 1 amide bonds. The van der Waals surface area contributed by atoms with Crippen molar-refractivity contribution in [3.05, 3.63) is 40.5 Å². The summed E-state index contributed by atoms with van der Waals surface area (Å²) in [6.45, 7) is 1.96. The minimum Gasteiger partial charge on any atom is -0.493 e. The molecule has 3 heterocycles. The molecule has 0 bridgehead atoms. The zero-order valence-corrected chi connectivity index (χ0v) is 16.5. The number of nitrogens with one attached hydrogen (secondary N) is 1. The van der Waals surface area contributed by atoms with Gasteiger partial charge in [-0.05, 0) is 18.4 Å². The van der Waals surface area contributed by atoms with Crippen molar-refractivity contribution >= 4 is 45.5 Å². The average Bonchev–Trinajstić information content (AvgIpc) is 3.36. The van der Waals surface area contributed by atoms with Gasteiger partial charge in [0.25, 0.3) is 5.91 Å². The predicted octanol–water partition coefficient (Wildman–Crippen LogP) is 3.02. The number of carbonyl (C=O) groups excluding carboxylic acids is 3. The normalized spacial score (nSPS) is 13.0. The molecule has 0 unspecified atom stereocenters. The number of carbonyl (C=O) groups is 3. The van der Waals surface area contributed by atoms with Crippen LogP contribution in [0.3, 0.4) is 0 Å². The minimum absolute atomic E-state index is 0.0950. The molecule has 0 fully saturated rings. The van der Waals surface area contributed by atoms with E-state index in [-0.39, 0.29) is 24.5 Å². The summed E-state index contributed by atoms with van der Waals surface area (Å²) in [6.07, 6.45) is 1.15. The molecule has 2 aromatic heterocycles. The van der Waals surface area contributed by atoms with Gasteiger partial charge in [0.2, 0.25) is 5.76 Å². The number of hydrogen-bond acceptors (Lipinski definition) is 9. The fourth-order valence-electron chi connectivity index (χ4n) is 2.31. The Morgan fingerprint density at radius 2 is 2.04 bits per heavy atom. The standard InChI is InChI=1S/C18H17NO7S2/c1-2-24-18(22)15-11(13-4-3-7-27-13)10-28-16(15)19-14(20)9-26-17(21)12-8-23-5-6-25-12/h3-4,7-8,10H,2,5-6,9H2,1H3,(H,19,20).